The van der Waals surface area contributed by atoms with Gasteiger partial charge >= 0.3 is 0 Å². The number of Topliss-reactive ketones (excluding diaryl/α,β-unsaturated/α-hetero) is 1. The van der Waals surface area contributed by atoms with E-state index in [0.29, 0.717) is 11.7 Å². The number of likely N-dealkylation sites (tertiary alicyclic amines) is 1. The van der Waals surface area contributed by atoms with Gasteiger partial charge in [-0.2, -0.15) is 0 Å². The first-order valence-electron chi connectivity index (χ1n) is 7.54. The molecule has 2 nitrogen and oxygen atoms in total. The molecule has 98 valence electrons. The topological polar surface area (TPSA) is 20.3 Å². The minimum absolute atomic E-state index is 0.403. The lowest BCUT2D eigenvalue weighted by Crippen LogP contribution is -2.33. The summed E-state index contributed by atoms with van der Waals surface area (Å²) >= 11 is 0. The number of rotatable bonds is 4. The molecule has 0 radical (unpaired) electrons. The Morgan fingerprint density at radius 3 is 2.53 bits per heavy atom. The van der Waals surface area contributed by atoms with E-state index in [0.717, 1.165) is 38.4 Å². The fraction of sp³-hybridized carbons (Fsp3) is 0.933. The maximum absolute atomic E-state index is 12.1. The van der Waals surface area contributed by atoms with Crippen molar-refractivity contribution in [3.05, 3.63) is 0 Å². The van der Waals surface area contributed by atoms with Gasteiger partial charge in [0.15, 0.2) is 0 Å². The Bertz CT molecular complexity index is 245. The van der Waals surface area contributed by atoms with E-state index in [1.54, 1.807) is 0 Å². The van der Waals surface area contributed by atoms with Crippen molar-refractivity contribution in [3.8, 4) is 0 Å². The number of carbonyl (C=O) groups excluding carboxylic acids is 1. The molecular formula is C15H27NO. The molecule has 0 amide bonds. The number of hydrogen-bond acceptors (Lipinski definition) is 2. The lowest BCUT2D eigenvalue weighted by atomic mass is 9.98. The van der Waals surface area contributed by atoms with Crippen molar-refractivity contribution in [1.82, 2.24) is 4.90 Å². The molecular weight excluding hydrogens is 210 g/mol. The Balaban J connectivity index is 1.76. The van der Waals surface area contributed by atoms with Gasteiger partial charge in [-0.15, -0.1) is 0 Å². The van der Waals surface area contributed by atoms with Gasteiger partial charge in [-0.25, -0.2) is 0 Å². The van der Waals surface area contributed by atoms with Crippen molar-refractivity contribution >= 4 is 5.78 Å². The van der Waals surface area contributed by atoms with E-state index in [4.69, 9.17) is 0 Å². The van der Waals surface area contributed by atoms with E-state index in [-0.39, 0.29) is 0 Å². The smallest absolute Gasteiger partial charge is 0.149 e. The molecule has 17 heavy (non-hydrogen) atoms. The fourth-order valence-corrected chi connectivity index (χ4v) is 3.39. The summed E-state index contributed by atoms with van der Waals surface area (Å²) in [7, 11) is 0. The SMILES string of the molecule is CCC1CCCN(CC(=O)C2CCCC2)CC1. The summed E-state index contributed by atoms with van der Waals surface area (Å²) in [5.41, 5.74) is 0. The van der Waals surface area contributed by atoms with E-state index < -0.39 is 0 Å². The third kappa shape index (κ3) is 3.80. The van der Waals surface area contributed by atoms with Crippen LogP contribution < -0.4 is 0 Å². The van der Waals surface area contributed by atoms with Crippen molar-refractivity contribution in [2.45, 2.75) is 58.3 Å². The summed E-state index contributed by atoms with van der Waals surface area (Å²) in [6.07, 6.45) is 10.1. The largest absolute Gasteiger partial charge is 0.298 e. The molecule has 0 N–H and O–H groups in total. The molecule has 0 spiro atoms. The predicted octanol–water partition coefficient (Wildman–Crippen LogP) is 3.26. The van der Waals surface area contributed by atoms with Crippen molar-refractivity contribution in [2.75, 3.05) is 19.6 Å². The highest BCUT2D eigenvalue weighted by atomic mass is 16.1. The fourth-order valence-electron chi connectivity index (χ4n) is 3.39. The highest BCUT2D eigenvalue weighted by Gasteiger charge is 2.25. The van der Waals surface area contributed by atoms with E-state index in [9.17, 15) is 4.79 Å². The molecule has 0 aromatic heterocycles. The van der Waals surface area contributed by atoms with Gasteiger partial charge in [0.25, 0.3) is 0 Å². The molecule has 0 aromatic rings. The number of ketones is 1. The van der Waals surface area contributed by atoms with E-state index in [1.807, 2.05) is 0 Å². The number of nitrogens with zero attached hydrogens (tertiary/aromatic N) is 1. The van der Waals surface area contributed by atoms with Crippen molar-refractivity contribution in [3.63, 3.8) is 0 Å². The minimum Gasteiger partial charge on any atom is -0.298 e. The van der Waals surface area contributed by atoms with E-state index in [2.05, 4.69) is 11.8 Å². The van der Waals surface area contributed by atoms with Gasteiger partial charge < -0.3 is 0 Å². The maximum atomic E-state index is 12.1. The first-order chi connectivity index (χ1) is 8.29. The molecule has 2 aliphatic rings. The average Bonchev–Trinajstić information content (AvgIpc) is 2.78. The Labute approximate surface area is 106 Å². The quantitative estimate of drug-likeness (QED) is 0.748. The first-order valence-corrected chi connectivity index (χ1v) is 7.54. The van der Waals surface area contributed by atoms with Gasteiger partial charge in [0, 0.05) is 5.92 Å². The summed E-state index contributed by atoms with van der Waals surface area (Å²) < 4.78 is 0. The second-order valence-electron chi connectivity index (χ2n) is 5.93. The summed E-state index contributed by atoms with van der Waals surface area (Å²) in [6.45, 7) is 5.33. The van der Waals surface area contributed by atoms with Crippen molar-refractivity contribution < 1.29 is 4.79 Å². The third-order valence-electron chi connectivity index (χ3n) is 4.71. The van der Waals surface area contributed by atoms with Gasteiger partial charge in [-0.3, -0.25) is 9.69 Å². The van der Waals surface area contributed by atoms with Crippen LogP contribution >= 0.6 is 0 Å². The van der Waals surface area contributed by atoms with Gasteiger partial charge in [-0.05, 0) is 51.1 Å². The predicted molar refractivity (Wildman–Crippen MR) is 71.0 cm³/mol. The van der Waals surface area contributed by atoms with Crippen LogP contribution in [0.2, 0.25) is 0 Å². The van der Waals surface area contributed by atoms with Crippen LogP contribution in [-0.4, -0.2) is 30.3 Å². The summed E-state index contributed by atoms with van der Waals surface area (Å²) in [6, 6.07) is 0. The van der Waals surface area contributed by atoms with Crippen molar-refractivity contribution in [2.24, 2.45) is 11.8 Å². The molecule has 1 aliphatic heterocycles. The highest BCUT2D eigenvalue weighted by Crippen LogP contribution is 2.26. The van der Waals surface area contributed by atoms with Gasteiger partial charge in [0.1, 0.15) is 5.78 Å². The average molecular weight is 237 g/mol. The Morgan fingerprint density at radius 1 is 1.06 bits per heavy atom. The molecule has 1 unspecified atom stereocenters. The molecule has 2 fully saturated rings. The van der Waals surface area contributed by atoms with Gasteiger partial charge in [0.2, 0.25) is 0 Å². The van der Waals surface area contributed by atoms with Gasteiger partial charge in [0.05, 0.1) is 6.54 Å². The normalized spacial score (nSPS) is 28.2. The number of hydrogen-bond donors (Lipinski definition) is 0. The molecule has 1 saturated carbocycles. The molecule has 2 rings (SSSR count). The van der Waals surface area contributed by atoms with Crippen molar-refractivity contribution in [1.29, 1.82) is 0 Å². The van der Waals surface area contributed by atoms with Crippen LogP contribution in [0.5, 0.6) is 0 Å². The van der Waals surface area contributed by atoms with Crippen LogP contribution in [0, 0.1) is 11.8 Å². The summed E-state index contributed by atoms with van der Waals surface area (Å²) in [5.74, 6) is 1.83. The summed E-state index contributed by atoms with van der Waals surface area (Å²) in [4.78, 5) is 14.5. The van der Waals surface area contributed by atoms with Gasteiger partial charge in [-0.1, -0.05) is 26.2 Å². The van der Waals surface area contributed by atoms with E-state index in [1.165, 1.54) is 38.5 Å². The van der Waals surface area contributed by atoms with Crippen LogP contribution in [0.1, 0.15) is 58.3 Å². The third-order valence-corrected chi connectivity index (χ3v) is 4.71. The second kappa shape index (κ2) is 6.53. The summed E-state index contributed by atoms with van der Waals surface area (Å²) in [5, 5.41) is 0. The van der Waals surface area contributed by atoms with Crippen LogP contribution in [0.4, 0.5) is 0 Å². The molecule has 1 saturated heterocycles. The molecule has 1 heterocycles. The molecule has 1 atom stereocenters. The number of carbonyl (C=O) groups is 1. The van der Waals surface area contributed by atoms with Crippen LogP contribution in [0.3, 0.4) is 0 Å². The standard InChI is InChI=1S/C15H27NO/c1-2-13-6-5-10-16(11-9-13)12-15(17)14-7-3-4-8-14/h13-14H,2-12H2,1H3. The zero-order valence-electron chi connectivity index (χ0n) is 11.3. The molecule has 0 aromatic carbocycles. The lowest BCUT2D eigenvalue weighted by Gasteiger charge is -2.21. The zero-order chi connectivity index (χ0) is 12.1. The second-order valence-corrected chi connectivity index (χ2v) is 5.93. The molecule has 1 aliphatic carbocycles. The van der Waals surface area contributed by atoms with E-state index >= 15 is 0 Å². The Morgan fingerprint density at radius 2 is 1.82 bits per heavy atom. The zero-order valence-corrected chi connectivity index (χ0v) is 11.3. The minimum atomic E-state index is 0.403. The van der Waals surface area contributed by atoms with Crippen LogP contribution in [0.15, 0.2) is 0 Å². The Kier molecular flexibility index (Phi) is 5.02. The molecule has 0 bridgehead atoms. The Hall–Kier alpha value is -0.370. The highest BCUT2D eigenvalue weighted by molar-refractivity contribution is 5.83. The monoisotopic (exact) mass is 237 g/mol. The maximum Gasteiger partial charge on any atom is 0.149 e. The van der Waals surface area contributed by atoms with Crippen LogP contribution in [0.25, 0.3) is 0 Å². The lowest BCUT2D eigenvalue weighted by molar-refractivity contribution is -0.123. The van der Waals surface area contributed by atoms with Crippen LogP contribution in [-0.2, 0) is 4.79 Å². The first kappa shape index (κ1) is 13.1. The molecule has 2 heteroatoms.